The zero-order chi connectivity index (χ0) is 13.2. The van der Waals surface area contributed by atoms with Crippen molar-refractivity contribution in [3.05, 3.63) is 65.2 Å². The molecule has 5 heteroatoms. The van der Waals surface area contributed by atoms with Gasteiger partial charge in [-0.2, -0.15) is 5.10 Å². The largest absolute Gasteiger partial charge is 0.388 e. The Kier molecular flexibility index (Phi) is 3.19. The molecule has 1 unspecified atom stereocenters. The van der Waals surface area contributed by atoms with E-state index in [1.165, 1.54) is 0 Å². The van der Waals surface area contributed by atoms with Gasteiger partial charge < -0.3 is 5.11 Å². The van der Waals surface area contributed by atoms with E-state index in [2.05, 4.69) is 10.1 Å². The normalized spacial score (nSPS) is 12.7. The monoisotopic (exact) mass is 273 g/mol. The van der Waals surface area contributed by atoms with Gasteiger partial charge in [0.15, 0.2) is 0 Å². The van der Waals surface area contributed by atoms with E-state index in [1.54, 1.807) is 23.1 Å². The van der Waals surface area contributed by atoms with Crippen molar-refractivity contribution in [2.75, 3.05) is 0 Å². The molecule has 0 aliphatic heterocycles. The molecule has 4 nitrogen and oxygen atoms in total. The summed E-state index contributed by atoms with van der Waals surface area (Å²) in [6, 6.07) is 7.57. The van der Waals surface area contributed by atoms with E-state index in [1.807, 2.05) is 30.5 Å². The summed E-state index contributed by atoms with van der Waals surface area (Å²) in [6.07, 6.45) is 6.60. The van der Waals surface area contributed by atoms with Gasteiger partial charge in [0.2, 0.25) is 0 Å². The molecule has 0 aromatic carbocycles. The first kappa shape index (κ1) is 12.1. The Balaban J connectivity index is 1.92. The predicted molar refractivity (Wildman–Crippen MR) is 73.1 cm³/mol. The van der Waals surface area contributed by atoms with E-state index < -0.39 is 6.10 Å². The van der Waals surface area contributed by atoms with Crippen molar-refractivity contribution in [1.29, 1.82) is 0 Å². The SMILES string of the molecule is OC(Cc1ccncc1Cl)c1cnn2ccccc12. The highest BCUT2D eigenvalue weighted by atomic mass is 35.5. The standard InChI is InChI=1S/C14H12ClN3O/c15-12-9-16-5-4-10(12)7-14(19)11-8-17-18-6-2-1-3-13(11)18/h1-6,8-9,14,19H,7H2. The van der Waals surface area contributed by atoms with Crippen LogP contribution in [0.15, 0.2) is 49.1 Å². The number of aromatic nitrogens is 3. The van der Waals surface area contributed by atoms with Crippen molar-refractivity contribution in [3.63, 3.8) is 0 Å². The van der Waals surface area contributed by atoms with E-state index in [-0.39, 0.29) is 0 Å². The summed E-state index contributed by atoms with van der Waals surface area (Å²) in [7, 11) is 0. The highest BCUT2D eigenvalue weighted by Crippen LogP contribution is 2.25. The first-order valence-electron chi connectivity index (χ1n) is 5.94. The Morgan fingerprint density at radius 3 is 3.00 bits per heavy atom. The van der Waals surface area contributed by atoms with Crippen LogP contribution in [0.5, 0.6) is 0 Å². The van der Waals surface area contributed by atoms with E-state index in [9.17, 15) is 5.11 Å². The van der Waals surface area contributed by atoms with Crippen LogP contribution in [0.25, 0.3) is 5.52 Å². The van der Waals surface area contributed by atoms with Gasteiger partial charge in [-0.25, -0.2) is 4.52 Å². The third-order valence-electron chi connectivity index (χ3n) is 3.08. The van der Waals surface area contributed by atoms with Gasteiger partial charge in [0, 0.05) is 30.6 Å². The third-order valence-corrected chi connectivity index (χ3v) is 3.43. The number of pyridine rings is 2. The van der Waals surface area contributed by atoms with Gasteiger partial charge in [0.25, 0.3) is 0 Å². The molecular weight excluding hydrogens is 262 g/mol. The average Bonchev–Trinajstić information content (AvgIpc) is 2.85. The lowest BCUT2D eigenvalue weighted by Gasteiger charge is -2.10. The van der Waals surface area contributed by atoms with Crippen molar-refractivity contribution in [2.45, 2.75) is 12.5 Å². The summed E-state index contributed by atoms with van der Waals surface area (Å²) in [5, 5.41) is 15.1. The molecular formula is C14H12ClN3O. The second-order valence-corrected chi connectivity index (χ2v) is 4.72. The summed E-state index contributed by atoms with van der Waals surface area (Å²) >= 11 is 6.05. The number of hydrogen-bond donors (Lipinski definition) is 1. The maximum atomic E-state index is 10.4. The fourth-order valence-electron chi connectivity index (χ4n) is 2.10. The second-order valence-electron chi connectivity index (χ2n) is 4.32. The second kappa shape index (κ2) is 4.99. The molecule has 1 atom stereocenters. The van der Waals surface area contributed by atoms with Crippen molar-refractivity contribution in [1.82, 2.24) is 14.6 Å². The van der Waals surface area contributed by atoms with Gasteiger partial charge in [0.1, 0.15) is 0 Å². The first-order chi connectivity index (χ1) is 9.25. The number of hydrogen-bond acceptors (Lipinski definition) is 3. The fourth-order valence-corrected chi connectivity index (χ4v) is 2.30. The Morgan fingerprint density at radius 1 is 1.26 bits per heavy atom. The summed E-state index contributed by atoms with van der Waals surface area (Å²) < 4.78 is 1.74. The van der Waals surface area contributed by atoms with E-state index in [0.29, 0.717) is 11.4 Å². The van der Waals surface area contributed by atoms with E-state index in [4.69, 9.17) is 11.6 Å². The molecule has 0 bridgehead atoms. The average molecular weight is 274 g/mol. The van der Waals surface area contributed by atoms with Crippen LogP contribution in [0.3, 0.4) is 0 Å². The minimum absolute atomic E-state index is 0.442. The minimum Gasteiger partial charge on any atom is -0.388 e. The van der Waals surface area contributed by atoms with Gasteiger partial charge in [-0.15, -0.1) is 0 Å². The Morgan fingerprint density at radius 2 is 2.16 bits per heavy atom. The summed E-state index contributed by atoms with van der Waals surface area (Å²) in [5.74, 6) is 0. The summed E-state index contributed by atoms with van der Waals surface area (Å²) in [5.41, 5.74) is 2.58. The number of halogens is 1. The molecule has 96 valence electrons. The third kappa shape index (κ3) is 2.32. The molecule has 0 saturated carbocycles. The number of rotatable bonds is 3. The summed E-state index contributed by atoms with van der Waals surface area (Å²) in [4.78, 5) is 3.93. The number of aliphatic hydroxyl groups excluding tert-OH is 1. The molecule has 0 amide bonds. The lowest BCUT2D eigenvalue weighted by Crippen LogP contribution is -2.02. The predicted octanol–water partition coefficient (Wildman–Crippen LogP) is 2.66. The zero-order valence-corrected chi connectivity index (χ0v) is 10.8. The first-order valence-corrected chi connectivity index (χ1v) is 6.32. The highest BCUT2D eigenvalue weighted by molar-refractivity contribution is 6.31. The Hall–Kier alpha value is -1.91. The Labute approximate surface area is 115 Å². The van der Waals surface area contributed by atoms with Crippen LogP contribution in [-0.4, -0.2) is 19.7 Å². The van der Waals surface area contributed by atoms with Crippen LogP contribution < -0.4 is 0 Å². The maximum absolute atomic E-state index is 10.4. The van der Waals surface area contributed by atoms with Crippen molar-refractivity contribution in [2.24, 2.45) is 0 Å². The van der Waals surface area contributed by atoms with E-state index in [0.717, 1.165) is 16.6 Å². The maximum Gasteiger partial charge on any atom is 0.0867 e. The van der Waals surface area contributed by atoms with Gasteiger partial charge in [-0.1, -0.05) is 17.7 Å². The molecule has 3 heterocycles. The molecule has 1 N–H and O–H groups in total. The minimum atomic E-state index is -0.639. The number of aliphatic hydroxyl groups is 1. The molecule has 19 heavy (non-hydrogen) atoms. The Bertz CT molecular complexity index is 710. The van der Waals surface area contributed by atoms with Crippen molar-refractivity contribution in [3.8, 4) is 0 Å². The molecule has 0 saturated heterocycles. The fraction of sp³-hybridized carbons (Fsp3) is 0.143. The molecule has 0 radical (unpaired) electrons. The van der Waals surface area contributed by atoms with Crippen LogP contribution >= 0.6 is 11.6 Å². The molecule has 0 fully saturated rings. The molecule has 0 aliphatic rings. The van der Waals surface area contributed by atoms with Crippen molar-refractivity contribution >= 4 is 17.1 Å². The van der Waals surface area contributed by atoms with Gasteiger partial charge >= 0.3 is 0 Å². The number of nitrogens with zero attached hydrogens (tertiary/aromatic N) is 3. The smallest absolute Gasteiger partial charge is 0.0867 e. The van der Waals surface area contributed by atoms with Crippen LogP contribution in [0.4, 0.5) is 0 Å². The highest BCUT2D eigenvalue weighted by Gasteiger charge is 2.15. The lowest BCUT2D eigenvalue weighted by molar-refractivity contribution is 0.180. The summed E-state index contributed by atoms with van der Waals surface area (Å²) in [6.45, 7) is 0. The molecule has 3 aromatic heterocycles. The van der Waals surface area contributed by atoms with Crippen LogP contribution in [0.2, 0.25) is 5.02 Å². The molecule has 3 aromatic rings. The van der Waals surface area contributed by atoms with Crippen LogP contribution in [-0.2, 0) is 6.42 Å². The zero-order valence-electron chi connectivity index (χ0n) is 10.1. The molecule has 3 rings (SSSR count). The van der Waals surface area contributed by atoms with Crippen LogP contribution in [0.1, 0.15) is 17.2 Å². The van der Waals surface area contributed by atoms with Crippen LogP contribution in [0, 0.1) is 0 Å². The molecule has 0 aliphatic carbocycles. The number of fused-ring (bicyclic) bond motifs is 1. The van der Waals surface area contributed by atoms with Gasteiger partial charge in [0.05, 0.1) is 22.8 Å². The van der Waals surface area contributed by atoms with E-state index >= 15 is 0 Å². The van der Waals surface area contributed by atoms with Gasteiger partial charge in [-0.05, 0) is 23.8 Å². The lowest BCUT2D eigenvalue weighted by atomic mass is 10.0. The molecule has 0 spiro atoms. The topological polar surface area (TPSA) is 50.4 Å². The quantitative estimate of drug-likeness (QED) is 0.798. The van der Waals surface area contributed by atoms with Gasteiger partial charge in [-0.3, -0.25) is 4.98 Å². The van der Waals surface area contributed by atoms with Crippen molar-refractivity contribution < 1.29 is 5.11 Å².